The average molecular weight is 483 g/mol. The van der Waals surface area contributed by atoms with E-state index in [1.807, 2.05) is 32.9 Å². The summed E-state index contributed by atoms with van der Waals surface area (Å²) in [5.41, 5.74) is 2.58. The summed E-state index contributed by atoms with van der Waals surface area (Å²) >= 11 is 0. The number of ether oxygens (including phenoxy) is 2. The van der Waals surface area contributed by atoms with Gasteiger partial charge in [0, 0.05) is 5.69 Å². The van der Waals surface area contributed by atoms with E-state index in [0.29, 0.717) is 18.0 Å². The molecule has 178 valence electrons. The van der Waals surface area contributed by atoms with E-state index in [1.54, 1.807) is 30.3 Å². The van der Waals surface area contributed by atoms with Crippen LogP contribution in [0.5, 0.6) is 5.75 Å². The van der Waals surface area contributed by atoms with E-state index in [-0.39, 0.29) is 16.1 Å². The molecule has 0 unspecified atom stereocenters. The van der Waals surface area contributed by atoms with E-state index >= 15 is 0 Å². The predicted octanol–water partition coefficient (Wildman–Crippen LogP) is 4.30. The third kappa shape index (κ3) is 6.14. The Labute approximate surface area is 199 Å². The van der Waals surface area contributed by atoms with Crippen LogP contribution < -0.4 is 14.8 Å². The fraction of sp³-hybridized carbons (Fsp3) is 0.200. The molecular formula is C25H26N2O6S. The summed E-state index contributed by atoms with van der Waals surface area (Å²) in [6.45, 7) is 5.57. The number of rotatable bonds is 9. The van der Waals surface area contributed by atoms with Gasteiger partial charge in [-0.3, -0.25) is 9.52 Å². The van der Waals surface area contributed by atoms with Crippen LogP contribution in [0.15, 0.2) is 71.6 Å². The number of para-hydroxylation sites is 1. The minimum absolute atomic E-state index is 0.00651. The topological polar surface area (TPSA) is 111 Å². The number of nitrogens with one attached hydrogen (secondary N) is 2. The maximum absolute atomic E-state index is 12.8. The maximum atomic E-state index is 12.8. The Kier molecular flexibility index (Phi) is 7.91. The SMILES string of the molecule is CCOc1ccc(S(=O)(=O)Nc2ccccc2C(=O)OCC(=O)Nc2cccc(C)c2C)cc1. The van der Waals surface area contributed by atoms with Crippen molar-refractivity contribution in [3.05, 3.63) is 83.4 Å². The molecule has 8 nitrogen and oxygen atoms in total. The van der Waals surface area contributed by atoms with E-state index in [4.69, 9.17) is 9.47 Å². The number of amides is 1. The third-order valence-electron chi connectivity index (χ3n) is 5.05. The van der Waals surface area contributed by atoms with Crippen LogP contribution in [0.25, 0.3) is 0 Å². The molecule has 0 aliphatic carbocycles. The van der Waals surface area contributed by atoms with Gasteiger partial charge in [-0.1, -0.05) is 24.3 Å². The van der Waals surface area contributed by atoms with Crippen LogP contribution in [-0.4, -0.2) is 33.5 Å². The molecule has 0 bridgehead atoms. The van der Waals surface area contributed by atoms with Crippen LogP contribution in [0, 0.1) is 13.8 Å². The number of carbonyl (C=O) groups is 2. The van der Waals surface area contributed by atoms with Gasteiger partial charge in [0.1, 0.15) is 5.75 Å². The molecule has 3 aromatic carbocycles. The van der Waals surface area contributed by atoms with Crippen LogP contribution >= 0.6 is 0 Å². The zero-order chi connectivity index (χ0) is 24.7. The largest absolute Gasteiger partial charge is 0.494 e. The van der Waals surface area contributed by atoms with Crippen molar-refractivity contribution in [1.29, 1.82) is 0 Å². The Balaban J connectivity index is 1.68. The summed E-state index contributed by atoms with van der Waals surface area (Å²) in [6, 6.07) is 17.4. The molecule has 0 saturated carbocycles. The van der Waals surface area contributed by atoms with Gasteiger partial charge in [0.15, 0.2) is 6.61 Å². The van der Waals surface area contributed by atoms with Crippen LogP contribution in [0.3, 0.4) is 0 Å². The van der Waals surface area contributed by atoms with Crippen molar-refractivity contribution in [2.45, 2.75) is 25.7 Å². The summed E-state index contributed by atoms with van der Waals surface area (Å²) in [4.78, 5) is 24.9. The van der Waals surface area contributed by atoms with Crippen LogP contribution in [0.4, 0.5) is 11.4 Å². The molecule has 2 N–H and O–H groups in total. The van der Waals surface area contributed by atoms with Gasteiger partial charge < -0.3 is 14.8 Å². The van der Waals surface area contributed by atoms with Crippen molar-refractivity contribution in [3.8, 4) is 5.75 Å². The van der Waals surface area contributed by atoms with Crippen molar-refractivity contribution in [2.24, 2.45) is 0 Å². The molecule has 0 heterocycles. The molecule has 1 amide bonds. The molecule has 0 fully saturated rings. The van der Waals surface area contributed by atoms with Gasteiger partial charge in [0.2, 0.25) is 0 Å². The third-order valence-corrected chi connectivity index (χ3v) is 6.43. The van der Waals surface area contributed by atoms with Crippen molar-refractivity contribution in [1.82, 2.24) is 0 Å². The second kappa shape index (κ2) is 10.8. The first kappa shape index (κ1) is 24.8. The monoisotopic (exact) mass is 482 g/mol. The molecule has 3 aromatic rings. The van der Waals surface area contributed by atoms with Gasteiger partial charge in [-0.15, -0.1) is 0 Å². The lowest BCUT2D eigenvalue weighted by atomic mass is 10.1. The predicted molar refractivity (Wildman–Crippen MR) is 130 cm³/mol. The van der Waals surface area contributed by atoms with Crippen molar-refractivity contribution in [2.75, 3.05) is 23.3 Å². The van der Waals surface area contributed by atoms with E-state index in [9.17, 15) is 18.0 Å². The van der Waals surface area contributed by atoms with E-state index in [0.717, 1.165) is 11.1 Å². The quantitative estimate of drug-likeness (QED) is 0.440. The summed E-state index contributed by atoms with van der Waals surface area (Å²) in [5, 5.41) is 2.71. The van der Waals surface area contributed by atoms with Crippen molar-refractivity contribution in [3.63, 3.8) is 0 Å². The average Bonchev–Trinajstić information content (AvgIpc) is 2.81. The van der Waals surface area contributed by atoms with E-state index in [1.165, 1.54) is 24.3 Å². The first-order valence-corrected chi connectivity index (χ1v) is 12.1. The minimum Gasteiger partial charge on any atom is -0.494 e. The number of carbonyl (C=O) groups excluding carboxylic acids is 2. The number of hydrogen-bond donors (Lipinski definition) is 2. The number of esters is 1. The smallest absolute Gasteiger partial charge is 0.340 e. The standard InChI is InChI=1S/C25H26N2O6S/c1-4-32-19-12-14-20(15-13-19)34(30,31)27-23-10-6-5-9-21(23)25(29)33-16-24(28)26-22-11-7-8-17(2)18(22)3/h5-15,27H,4,16H2,1-3H3,(H,26,28). The molecule has 0 aliphatic heterocycles. The Morgan fingerprint density at radius 1 is 0.882 bits per heavy atom. The number of sulfonamides is 1. The molecule has 0 spiro atoms. The lowest BCUT2D eigenvalue weighted by Gasteiger charge is -2.13. The highest BCUT2D eigenvalue weighted by molar-refractivity contribution is 7.92. The molecular weight excluding hydrogens is 456 g/mol. The zero-order valence-corrected chi connectivity index (χ0v) is 19.9. The summed E-state index contributed by atoms with van der Waals surface area (Å²) in [7, 11) is -3.97. The highest BCUT2D eigenvalue weighted by Crippen LogP contribution is 2.23. The van der Waals surface area contributed by atoms with Gasteiger partial charge >= 0.3 is 5.97 Å². The first-order chi connectivity index (χ1) is 16.2. The fourth-order valence-corrected chi connectivity index (χ4v) is 4.20. The Bertz CT molecular complexity index is 1290. The fourth-order valence-electron chi connectivity index (χ4n) is 3.12. The van der Waals surface area contributed by atoms with E-state index < -0.39 is 28.5 Å². The van der Waals surface area contributed by atoms with Crippen LogP contribution in [-0.2, 0) is 19.6 Å². The molecule has 0 aromatic heterocycles. The molecule has 0 aliphatic rings. The van der Waals surface area contributed by atoms with Gasteiger partial charge in [0.05, 0.1) is 22.8 Å². The number of benzene rings is 3. The van der Waals surface area contributed by atoms with Crippen LogP contribution in [0.2, 0.25) is 0 Å². The Morgan fingerprint density at radius 2 is 1.56 bits per heavy atom. The highest BCUT2D eigenvalue weighted by Gasteiger charge is 2.20. The number of aryl methyl sites for hydroxylation is 1. The van der Waals surface area contributed by atoms with Gasteiger partial charge in [-0.25, -0.2) is 13.2 Å². The second-order valence-corrected chi connectivity index (χ2v) is 9.11. The van der Waals surface area contributed by atoms with Gasteiger partial charge in [-0.2, -0.15) is 0 Å². The summed E-state index contributed by atoms with van der Waals surface area (Å²) in [5.74, 6) is -0.792. The highest BCUT2D eigenvalue weighted by atomic mass is 32.2. The maximum Gasteiger partial charge on any atom is 0.340 e. The molecule has 0 saturated heterocycles. The van der Waals surface area contributed by atoms with Gasteiger partial charge in [-0.05, 0) is 74.4 Å². The molecule has 34 heavy (non-hydrogen) atoms. The van der Waals surface area contributed by atoms with Crippen molar-refractivity contribution < 1.29 is 27.5 Å². The Morgan fingerprint density at radius 3 is 2.26 bits per heavy atom. The van der Waals surface area contributed by atoms with E-state index in [2.05, 4.69) is 10.0 Å². The minimum atomic E-state index is -3.97. The van der Waals surface area contributed by atoms with Crippen LogP contribution in [0.1, 0.15) is 28.4 Å². The van der Waals surface area contributed by atoms with Gasteiger partial charge in [0.25, 0.3) is 15.9 Å². The Hall–Kier alpha value is -3.85. The normalized spacial score (nSPS) is 10.9. The number of anilines is 2. The second-order valence-electron chi connectivity index (χ2n) is 7.43. The lowest BCUT2D eigenvalue weighted by molar-refractivity contribution is -0.119. The number of hydrogen-bond acceptors (Lipinski definition) is 6. The molecule has 9 heteroatoms. The molecule has 0 radical (unpaired) electrons. The zero-order valence-electron chi connectivity index (χ0n) is 19.1. The summed E-state index contributed by atoms with van der Waals surface area (Å²) in [6.07, 6.45) is 0. The summed E-state index contributed by atoms with van der Waals surface area (Å²) < 4.78 is 38.5. The van der Waals surface area contributed by atoms with Crippen molar-refractivity contribution >= 4 is 33.3 Å². The molecule has 3 rings (SSSR count). The first-order valence-electron chi connectivity index (χ1n) is 10.6. The lowest BCUT2D eigenvalue weighted by Crippen LogP contribution is -2.22. The molecule has 0 atom stereocenters.